The number of para-hydroxylation sites is 1. The minimum atomic E-state index is -0.200. The molecule has 0 aliphatic carbocycles. The Balaban J connectivity index is 1.91. The first-order valence-corrected chi connectivity index (χ1v) is 7.77. The van der Waals surface area contributed by atoms with Crippen LogP contribution in [0.2, 0.25) is 0 Å². The van der Waals surface area contributed by atoms with Crippen LogP contribution in [0, 0.1) is 0 Å². The standard InChI is InChI=1S/C19H22N2O3/c1-14(2)13-23-18-9-5-4-8-17(18)19(22)21-11-15(3)24-16-7-6-10-20-12-16/h4-10,12,15H,1,11,13H2,2-3H3,(H,21,22)/t15-/m0/s1. The second kappa shape index (κ2) is 8.72. The molecule has 0 saturated carbocycles. The van der Waals surface area contributed by atoms with E-state index in [2.05, 4.69) is 16.9 Å². The molecule has 1 aromatic carbocycles. The largest absolute Gasteiger partial charge is 0.488 e. The molecule has 0 fully saturated rings. The Kier molecular flexibility index (Phi) is 6.37. The van der Waals surface area contributed by atoms with Crippen molar-refractivity contribution in [2.75, 3.05) is 13.2 Å². The van der Waals surface area contributed by atoms with Crippen molar-refractivity contribution in [3.8, 4) is 11.5 Å². The molecule has 5 heteroatoms. The van der Waals surface area contributed by atoms with E-state index in [0.29, 0.717) is 30.2 Å². The number of rotatable bonds is 8. The molecule has 5 nitrogen and oxygen atoms in total. The van der Waals surface area contributed by atoms with Crippen molar-refractivity contribution in [1.29, 1.82) is 0 Å². The lowest BCUT2D eigenvalue weighted by atomic mass is 10.2. The maximum Gasteiger partial charge on any atom is 0.255 e. The molecule has 0 unspecified atom stereocenters. The Labute approximate surface area is 142 Å². The number of carbonyl (C=O) groups excluding carboxylic acids is 1. The lowest BCUT2D eigenvalue weighted by Crippen LogP contribution is -2.33. The van der Waals surface area contributed by atoms with Crippen LogP contribution >= 0.6 is 0 Å². The average molecular weight is 326 g/mol. The van der Waals surface area contributed by atoms with Gasteiger partial charge in [-0.15, -0.1) is 0 Å². The fourth-order valence-electron chi connectivity index (χ4n) is 2.00. The first kappa shape index (κ1) is 17.5. The van der Waals surface area contributed by atoms with E-state index in [4.69, 9.17) is 9.47 Å². The van der Waals surface area contributed by atoms with Crippen molar-refractivity contribution >= 4 is 5.91 Å². The van der Waals surface area contributed by atoms with Crippen LogP contribution in [-0.4, -0.2) is 30.1 Å². The Bertz CT molecular complexity index is 686. The van der Waals surface area contributed by atoms with E-state index >= 15 is 0 Å². The lowest BCUT2D eigenvalue weighted by Gasteiger charge is -2.16. The van der Waals surface area contributed by atoms with Crippen molar-refractivity contribution in [3.05, 3.63) is 66.5 Å². The van der Waals surface area contributed by atoms with Crippen molar-refractivity contribution < 1.29 is 14.3 Å². The number of nitrogens with zero attached hydrogens (tertiary/aromatic N) is 1. The van der Waals surface area contributed by atoms with Gasteiger partial charge in [-0.3, -0.25) is 9.78 Å². The van der Waals surface area contributed by atoms with Crippen molar-refractivity contribution in [1.82, 2.24) is 10.3 Å². The molecule has 0 aliphatic rings. The van der Waals surface area contributed by atoms with Crippen LogP contribution in [-0.2, 0) is 0 Å². The summed E-state index contributed by atoms with van der Waals surface area (Å²) < 4.78 is 11.3. The molecule has 1 heterocycles. The van der Waals surface area contributed by atoms with E-state index in [1.54, 1.807) is 36.7 Å². The van der Waals surface area contributed by atoms with Gasteiger partial charge in [-0.25, -0.2) is 0 Å². The quantitative estimate of drug-likeness (QED) is 0.757. The molecule has 1 aromatic heterocycles. The van der Waals surface area contributed by atoms with Crippen molar-refractivity contribution in [2.45, 2.75) is 20.0 Å². The third kappa shape index (κ3) is 5.43. The van der Waals surface area contributed by atoms with Gasteiger partial charge in [0.25, 0.3) is 5.91 Å². The number of aromatic nitrogens is 1. The molecule has 2 aromatic rings. The highest BCUT2D eigenvalue weighted by Crippen LogP contribution is 2.18. The van der Waals surface area contributed by atoms with Gasteiger partial charge in [0.15, 0.2) is 0 Å². The van der Waals surface area contributed by atoms with E-state index in [1.807, 2.05) is 26.0 Å². The van der Waals surface area contributed by atoms with E-state index in [9.17, 15) is 4.79 Å². The Morgan fingerprint density at radius 3 is 2.79 bits per heavy atom. The highest BCUT2D eigenvalue weighted by Gasteiger charge is 2.13. The number of hydrogen-bond acceptors (Lipinski definition) is 4. The Hall–Kier alpha value is -2.82. The molecule has 1 N–H and O–H groups in total. The first-order valence-electron chi connectivity index (χ1n) is 7.77. The summed E-state index contributed by atoms with van der Waals surface area (Å²) in [7, 11) is 0. The monoisotopic (exact) mass is 326 g/mol. The normalized spacial score (nSPS) is 11.4. The van der Waals surface area contributed by atoms with Crippen LogP contribution in [0.3, 0.4) is 0 Å². The van der Waals surface area contributed by atoms with Gasteiger partial charge < -0.3 is 14.8 Å². The number of benzene rings is 1. The van der Waals surface area contributed by atoms with Crippen LogP contribution < -0.4 is 14.8 Å². The summed E-state index contributed by atoms with van der Waals surface area (Å²) in [6.45, 7) is 8.32. The van der Waals surface area contributed by atoms with Gasteiger partial charge in [-0.05, 0) is 43.7 Å². The SMILES string of the molecule is C=C(C)COc1ccccc1C(=O)NC[C@H](C)Oc1cccnc1. The number of nitrogens with one attached hydrogen (secondary N) is 1. The molecule has 0 saturated heterocycles. The number of hydrogen-bond donors (Lipinski definition) is 1. The molecular weight excluding hydrogens is 304 g/mol. The zero-order valence-electron chi connectivity index (χ0n) is 14.0. The zero-order chi connectivity index (χ0) is 17.4. The molecule has 0 bridgehead atoms. The molecule has 24 heavy (non-hydrogen) atoms. The zero-order valence-corrected chi connectivity index (χ0v) is 14.0. The van der Waals surface area contributed by atoms with Gasteiger partial charge >= 0.3 is 0 Å². The second-order valence-corrected chi connectivity index (χ2v) is 5.57. The van der Waals surface area contributed by atoms with E-state index in [1.165, 1.54) is 0 Å². The summed E-state index contributed by atoms with van der Waals surface area (Å²) in [4.78, 5) is 16.4. The van der Waals surface area contributed by atoms with E-state index < -0.39 is 0 Å². The smallest absolute Gasteiger partial charge is 0.255 e. The number of ether oxygens (including phenoxy) is 2. The highest BCUT2D eigenvalue weighted by atomic mass is 16.5. The highest BCUT2D eigenvalue weighted by molar-refractivity contribution is 5.96. The van der Waals surface area contributed by atoms with Gasteiger partial charge in [0, 0.05) is 6.20 Å². The van der Waals surface area contributed by atoms with E-state index in [0.717, 1.165) is 5.57 Å². The van der Waals surface area contributed by atoms with Crippen LogP contribution in [0.25, 0.3) is 0 Å². The molecule has 126 valence electrons. The third-order valence-electron chi connectivity index (χ3n) is 3.13. The minimum absolute atomic E-state index is 0.179. The summed E-state index contributed by atoms with van der Waals surface area (Å²) in [6, 6.07) is 10.8. The molecule has 0 radical (unpaired) electrons. The summed E-state index contributed by atoms with van der Waals surface area (Å²) in [5.41, 5.74) is 1.39. The van der Waals surface area contributed by atoms with Crippen molar-refractivity contribution in [2.24, 2.45) is 0 Å². The van der Waals surface area contributed by atoms with Gasteiger partial charge in [0.05, 0.1) is 18.3 Å². The third-order valence-corrected chi connectivity index (χ3v) is 3.13. The van der Waals surface area contributed by atoms with Crippen LogP contribution in [0.4, 0.5) is 0 Å². The maximum atomic E-state index is 12.4. The minimum Gasteiger partial charge on any atom is -0.488 e. The number of pyridine rings is 1. The van der Waals surface area contributed by atoms with Crippen LogP contribution in [0.1, 0.15) is 24.2 Å². The molecule has 1 atom stereocenters. The van der Waals surface area contributed by atoms with Gasteiger partial charge in [-0.1, -0.05) is 18.7 Å². The van der Waals surface area contributed by atoms with Crippen LogP contribution in [0.5, 0.6) is 11.5 Å². The predicted octanol–water partition coefficient (Wildman–Crippen LogP) is 3.23. The maximum absolute atomic E-state index is 12.4. The Morgan fingerprint density at radius 1 is 1.29 bits per heavy atom. The number of amides is 1. The lowest BCUT2D eigenvalue weighted by molar-refractivity contribution is 0.0928. The fourth-order valence-corrected chi connectivity index (χ4v) is 2.00. The fraction of sp³-hybridized carbons (Fsp3) is 0.263. The van der Waals surface area contributed by atoms with Gasteiger partial charge in [0.2, 0.25) is 0 Å². The van der Waals surface area contributed by atoms with Gasteiger partial charge in [-0.2, -0.15) is 0 Å². The summed E-state index contributed by atoms with van der Waals surface area (Å²) >= 11 is 0. The summed E-state index contributed by atoms with van der Waals surface area (Å²) in [5, 5.41) is 2.86. The second-order valence-electron chi connectivity index (χ2n) is 5.57. The topological polar surface area (TPSA) is 60.5 Å². The molecular formula is C19H22N2O3. The molecule has 2 rings (SSSR count). The number of carbonyl (C=O) groups is 1. The summed E-state index contributed by atoms with van der Waals surface area (Å²) in [6.07, 6.45) is 3.14. The van der Waals surface area contributed by atoms with E-state index in [-0.39, 0.29) is 12.0 Å². The predicted molar refractivity (Wildman–Crippen MR) is 93.4 cm³/mol. The van der Waals surface area contributed by atoms with Gasteiger partial charge in [0.1, 0.15) is 24.2 Å². The molecule has 1 amide bonds. The molecule has 0 spiro atoms. The summed E-state index contributed by atoms with van der Waals surface area (Å²) in [5.74, 6) is 1.01. The Morgan fingerprint density at radius 2 is 2.08 bits per heavy atom. The first-order chi connectivity index (χ1) is 11.6. The molecule has 0 aliphatic heterocycles. The van der Waals surface area contributed by atoms with Crippen LogP contribution in [0.15, 0.2) is 60.9 Å². The average Bonchev–Trinajstić information content (AvgIpc) is 2.59. The van der Waals surface area contributed by atoms with Crippen molar-refractivity contribution in [3.63, 3.8) is 0 Å².